The summed E-state index contributed by atoms with van der Waals surface area (Å²) >= 11 is 0. The van der Waals surface area contributed by atoms with Crippen LogP contribution in [0.3, 0.4) is 0 Å². The molecule has 3 aliphatic rings. The van der Waals surface area contributed by atoms with Gasteiger partial charge in [-0.15, -0.1) is 0 Å². The molecule has 1 amide bonds. The van der Waals surface area contributed by atoms with Gasteiger partial charge in [0.05, 0.1) is 12.2 Å². The van der Waals surface area contributed by atoms with Gasteiger partial charge in [0.15, 0.2) is 0 Å². The van der Waals surface area contributed by atoms with Crippen LogP contribution in [-0.2, 0) is 4.79 Å². The zero-order valence-corrected chi connectivity index (χ0v) is 15.3. The second-order valence-corrected chi connectivity index (χ2v) is 8.05. The summed E-state index contributed by atoms with van der Waals surface area (Å²) in [4.78, 5) is 15.0. The molecule has 4 heterocycles. The van der Waals surface area contributed by atoms with Crippen LogP contribution in [-0.4, -0.2) is 52.3 Å². The number of carbonyl (C=O) groups excluding carboxylic acids is 1. The van der Waals surface area contributed by atoms with E-state index in [1.54, 1.807) is 0 Å². The van der Waals surface area contributed by atoms with E-state index >= 15 is 0 Å². The van der Waals surface area contributed by atoms with Crippen molar-refractivity contribution in [2.75, 3.05) is 25.0 Å². The third-order valence-electron chi connectivity index (χ3n) is 6.33. The smallest absolute Gasteiger partial charge is 0.225 e. The molecule has 2 unspecified atom stereocenters. The fourth-order valence-electron chi connectivity index (χ4n) is 4.98. The molecule has 3 aliphatic heterocycles. The van der Waals surface area contributed by atoms with E-state index in [4.69, 9.17) is 0 Å². The highest BCUT2D eigenvalue weighted by molar-refractivity contribution is 5.90. The maximum Gasteiger partial charge on any atom is 0.225 e. The number of piperidine rings is 2. The first-order valence-corrected chi connectivity index (χ1v) is 10.0. The standard InChI is InChI=1S/C19H31N5O/c1-2-23-9-6-17(7-10-23)24-18(5-8-20-24)22-19(25)13-14-11-15-3-4-16(12-14)21-15/h5,8,14-17,21H,2-4,6-7,9-13H2,1H3,(H,22,25). The Morgan fingerprint density at radius 2 is 1.96 bits per heavy atom. The summed E-state index contributed by atoms with van der Waals surface area (Å²) in [5.41, 5.74) is 0. The van der Waals surface area contributed by atoms with Gasteiger partial charge in [0.1, 0.15) is 5.82 Å². The van der Waals surface area contributed by atoms with Gasteiger partial charge in [0, 0.05) is 37.7 Å². The number of fused-ring (bicyclic) bond motifs is 2. The highest BCUT2D eigenvalue weighted by atomic mass is 16.1. The fraction of sp³-hybridized carbons (Fsp3) is 0.789. The van der Waals surface area contributed by atoms with Crippen molar-refractivity contribution in [2.24, 2.45) is 5.92 Å². The minimum absolute atomic E-state index is 0.152. The van der Waals surface area contributed by atoms with Gasteiger partial charge in [0.2, 0.25) is 5.91 Å². The molecular formula is C19H31N5O. The molecule has 0 aromatic carbocycles. The van der Waals surface area contributed by atoms with Crippen LogP contribution < -0.4 is 10.6 Å². The molecule has 6 nitrogen and oxygen atoms in total. The molecule has 25 heavy (non-hydrogen) atoms. The normalized spacial score (nSPS) is 30.5. The van der Waals surface area contributed by atoms with Crippen LogP contribution in [0.5, 0.6) is 0 Å². The summed E-state index contributed by atoms with van der Waals surface area (Å²) in [6, 6.07) is 3.63. The number of nitrogens with zero attached hydrogens (tertiary/aromatic N) is 3. The van der Waals surface area contributed by atoms with Gasteiger partial charge in [-0.1, -0.05) is 6.92 Å². The Labute approximate surface area is 150 Å². The van der Waals surface area contributed by atoms with Crippen LogP contribution in [0.1, 0.15) is 57.9 Å². The summed E-state index contributed by atoms with van der Waals surface area (Å²) in [6.45, 7) is 5.57. The average Bonchev–Trinajstić information content (AvgIpc) is 3.21. The predicted molar refractivity (Wildman–Crippen MR) is 98.5 cm³/mol. The van der Waals surface area contributed by atoms with Crippen molar-refractivity contribution in [1.29, 1.82) is 0 Å². The first-order valence-electron chi connectivity index (χ1n) is 10.0. The van der Waals surface area contributed by atoms with Crippen LogP contribution in [0, 0.1) is 5.92 Å². The Bertz CT molecular complexity index is 580. The summed E-state index contributed by atoms with van der Waals surface area (Å²) in [5.74, 6) is 1.55. The lowest BCUT2D eigenvalue weighted by Crippen LogP contribution is -2.39. The Balaban J connectivity index is 1.32. The molecule has 3 fully saturated rings. The van der Waals surface area contributed by atoms with Crippen molar-refractivity contribution in [3.05, 3.63) is 12.3 Å². The van der Waals surface area contributed by atoms with Crippen LogP contribution in [0.15, 0.2) is 12.3 Å². The quantitative estimate of drug-likeness (QED) is 0.860. The molecule has 3 saturated heterocycles. The lowest BCUT2D eigenvalue weighted by Gasteiger charge is -2.32. The molecular weight excluding hydrogens is 314 g/mol. The highest BCUT2D eigenvalue weighted by Gasteiger charge is 2.34. The average molecular weight is 345 g/mol. The lowest BCUT2D eigenvalue weighted by molar-refractivity contribution is -0.117. The van der Waals surface area contributed by atoms with Gasteiger partial charge in [-0.25, -0.2) is 4.68 Å². The molecule has 6 heteroatoms. The molecule has 138 valence electrons. The molecule has 1 aromatic rings. The summed E-state index contributed by atoms with van der Waals surface area (Å²) in [6.07, 6.45) is 9.54. The van der Waals surface area contributed by atoms with Crippen molar-refractivity contribution in [3.8, 4) is 0 Å². The monoisotopic (exact) mass is 345 g/mol. The zero-order chi connectivity index (χ0) is 17.2. The maximum atomic E-state index is 12.6. The summed E-state index contributed by atoms with van der Waals surface area (Å²) in [7, 11) is 0. The third kappa shape index (κ3) is 3.90. The van der Waals surface area contributed by atoms with E-state index < -0.39 is 0 Å². The molecule has 2 bridgehead atoms. The lowest BCUT2D eigenvalue weighted by atomic mass is 9.89. The number of nitrogens with one attached hydrogen (secondary N) is 2. The number of aromatic nitrogens is 2. The van der Waals surface area contributed by atoms with Crippen molar-refractivity contribution >= 4 is 11.7 Å². The van der Waals surface area contributed by atoms with Gasteiger partial charge in [-0.2, -0.15) is 5.10 Å². The second-order valence-electron chi connectivity index (χ2n) is 8.05. The van der Waals surface area contributed by atoms with E-state index in [9.17, 15) is 4.79 Å². The van der Waals surface area contributed by atoms with Crippen LogP contribution in [0.25, 0.3) is 0 Å². The Hall–Kier alpha value is -1.40. The maximum absolute atomic E-state index is 12.6. The summed E-state index contributed by atoms with van der Waals surface area (Å²) in [5, 5.41) is 11.3. The Morgan fingerprint density at radius 3 is 2.64 bits per heavy atom. The molecule has 2 N–H and O–H groups in total. The van der Waals surface area contributed by atoms with E-state index in [2.05, 4.69) is 27.6 Å². The first-order chi connectivity index (χ1) is 12.2. The molecule has 0 radical (unpaired) electrons. The van der Waals surface area contributed by atoms with Crippen molar-refractivity contribution in [3.63, 3.8) is 0 Å². The third-order valence-corrected chi connectivity index (χ3v) is 6.33. The van der Waals surface area contributed by atoms with Crippen LogP contribution in [0.2, 0.25) is 0 Å². The molecule has 2 atom stereocenters. The SMILES string of the molecule is CCN1CCC(n2nccc2NC(=O)CC2CC3CCC(C2)N3)CC1. The number of likely N-dealkylation sites (tertiary alicyclic amines) is 1. The molecule has 0 spiro atoms. The molecule has 0 saturated carbocycles. The summed E-state index contributed by atoms with van der Waals surface area (Å²) < 4.78 is 2.04. The highest BCUT2D eigenvalue weighted by Crippen LogP contribution is 2.33. The number of amides is 1. The predicted octanol–water partition coefficient (Wildman–Crippen LogP) is 2.40. The fourth-order valence-corrected chi connectivity index (χ4v) is 4.98. The van der Waals surface area contributed by atoms with Gasteiger partial charge >= 0.3 is 0 Å². The van der Waals surface area contributed by atoms with E-state index in [1.165, 1.54) is 12.8 Å². The topological polar surface area (TPSA) is 62.2 Å². The molecule has 0 aliphatic carbocycles. The van der Waals surface area contributed by atoms with Crippen molar-refractivity contribution in [2.45, 2.75) is 70.0 Å². The van der Waals surface area contributed by atoms with Crippen molar-refractivity contribution in [1.82, 2.24) is 20.0 Å². The number of hydrogen-bond donors (Lipinski definition) is 2. The van der Waals surface area contributed by atoms with E-state index in [-0.39, 0.29) is 5.91 Å². The van der Waals surface area contributed by atoms with Gasteiger partial charge in [-0.05, 0) is 51.0 Å². The van der Waals surface area contributed by atoms with Crippen LogP contribution >= 0.6 is 0 Å². The number of hydrogen-bond acceptors (Lipinski definition) is 4. The second kappa shape index (κ2) is 7.46. The number of anilines is 1. The largest absolute Gasteiger partial charge is 0.311 e. The number of rotatable bonds is 5. The number of carbonyl (C=O) groups is 1. The first kappa shape index (κ1) is 17.0. The van der Waals surface area contributed by atoms with Gasteiger partial charge in [-0.3, -0.25) is 4.79 Å². The van der Waals surface area contributed by atoms with E-state index in [1.807, 2.05) is 16.9 Å². The van der Waals surface area contributed by atoms with Crippen LogP contribution in [0.4, 0.5) is 5.82 Å². The molecule has 4 rings (SSSR count). The zero-order valence-electron chi connectivity index (χ0n) is 15.3. The van der Waals surface area contributed by atoms with E-state index in [0.717, 1.165) is 51.1 Å². The van der Waals surface area contributed by atoms with Crippen molar-refractivity contribution < 1.29 is 4.79 Å². The minimum Gasteiger partial charge on any atom is -0.311 e. The van der Waals surface area contributed by atoms with Gasteiger partial charge in [0.25, 0.3) is 0 Å². The van der Waals surface area contributed by atoms with E-state index in [0.29, 0.717) is 30.5 Å². The Morgan fingerprint density at radius 1 is 1.24 bits per heavy atom. The van der Waals surface area contributed by atoms with Gasteiger partial charge < -0.3 is 15.5 Å². The molecule has 1 aromatic heterocycles. The Kier molecular flexibility index (Phi) is 5.08. The minimum atomic E-state index is 0.152.